The van der Waals surface area contributed by atoms with E-state index in [-0.39, 0.29) is 5.41 Å². The second-order valence-electron chi connectivity index (χ2n) is 16.7. The Morgan fingerprint density at radius 1 is 0.350 bits per heavy atom. The van der Waals surface area contributed by atoms with Crippen LogP contribution in [0.4, 0.5) is 0 Å². The summed E-state index contributed by atoms with van der Waals surface area (Å²) in [6, 6.07) is 63.1. The van der Waals surface area contributed by atoms with E-state index >= 15 is 0 Å². The Hall–Kier alpha value is -7.69. The van der Waals surface area contributed by atoms with Crippen LogP contribution in [0.25, 0.3) is 121 Å². The molecular weight excluding hydrogens is 731 g/mol. The minimum Gasteiger partial charge on any atom is -0.456 e. The number of aromatic nitrogens is 3. The summed E-state index contributed by atoms with van der Waals surface area (Å²) in [5.74, 6) is 1.84. The molecule has 0 saturated carbocycles. The molecule has 10 aromatic carbocycles. The van der Waals surface area contributed by atoms with Gasteiger partial charge in [-0.25, -0.2) is 15.0 Å². The highest BCUT2D eigenvalue weighted by Crippen LogP contribution is 2.51. The molecule has 2 heterocycles. The molecule has 2 aromatic heterocycles. The van der Waals surface area contributed by atoms with Crippen molar-refractivity contribution in [3.63, 3.8) is 0 Å². The van der Waals surface area contributed by atoms with E-state index < -0.39 is 0 Å². The second kappa shape index (κ2) is 12.2. The van der Waals surface area contributed by atoms with Crippen molar-refractivity contribution in [1.29, 1.82) is 0 Å². The highest BCUT2D eigenvalue weighted by atomic mass is 16.3. The van der Waals surface area contributed by atoms with Gasteiger partial charge in [0, 0.05) is 32.9 Å². The smallest absolute Gasteiger partial charge is 0.164 e. The second-order valence-corrected chi connectivity index (χ2v) is 16.7. The lowest BCUT2D eigenvalue weighted by Crippen LogP contribution is -2.14. The van der Waals surface area contributed by atoms with Gasteiger partial charge in [-0.1, -0.05) is 159 Å². The van der Waals surface area contributed by atoms with Crippen LogP contribution in [0.2, 0.25) is 0 Å². The molecule has 4 heteroatoms. The summed E-state index contributed by atoms with van der Waals surface area (Å²) in [6.45, 7) is 4.61. The van der Waals surface area contributed by atoms with Gasteiger partial charge in [0.25, 0.3) is 0 Å². The molecule has 0 radical (unpaired) electrons. The predicted octanol–water partition coefficient (Wildman–Crippen LogP) is 14.8. The van der Waals surface area contributed by atoms with Gasteiger partial charge in [-0.3, -0.25) is 0 Å². The first-order valence-corrected chi connectivity index (χ1v) is 20.6. The first-order chi connectivity index (χ1) is 29.5. The molecule has 0 saturated heterocycles. The third-order valence-electron chi connectivity index (χ3n) is 13.1. The molecule has 13 rings (SSSR count). The fourth-order valence-corrected chi connectivity index (χ4v) is 10.2. The minimum absolute atomic E-state index is 0.135. The SMILES string of the molecule is CC1(C)c2ccccc2-c2cc3c(cc21)oc1cccc(-c2nc(-c4ccc5ccccc5c4)nc(-c4ccc5ccc6c7ccccc7c7ccccc7c6c5c4)n2)c13. The standard InChI is InChI=1S/C56H35N3O/c1-56(2)47-20-10-9-17-40(47)45-30-46-50(31-48(45)56)60-49-21-11-19-43(52(46)49)55-58-53(35-24-22-32-12-3-4-13-34(32)28-35)57-54(59-55)36-25-23-33-26-27-42-39-16-6-5-14-37(39)38-15-7-8-18-41(38)51(42)44(33)29-36/h3-31H,1-2H3. The van der Waals surface area contributed by atoms with Gasteiger partial charge in [0.05, 0.1) is 0 Å². The summed E-state index contributed by atoms with van der Waals surface area (Å²) >= 11 is 0. The number of furan rings is 1. The number of hydrogen-bond acceptors (Lipinski definition) is 4. The van der Waals surface area contributed by atoms with Crippen LogP contribution in [-0.4, -0.2) is 15.0 Å². The maximum Gasteiger partial charge on any atom is 0.164 e. The fraction of sp³-hybridized carbons (Fsp3) is 0.0536. The average molecular weight is 766 g/mol. The van der Waals surface area contributed by atoms with E-state index in [0.29, 0.717) is 17.5 Å². The lowest BCUT2D eigenvalue weighted by molar-refractivity contribution is 0.647. The monoisotopic (exact) mass is 765 g/mol. The summed E-state index contributed by atoms with van der Waals surface area (Å²) in [5.41, 5.74) is 9.45. The zero-order chi connectivity index (χ0) is 39.7. The summed E-state index contributed by atoms with van der Waals surface area (Å²) in [7, 11) is 0. The molecule has 0 bridgehead atoms. The average Bonchev–Trinajstić information content (AvgIpc) is 3.78. The first kappa shape index (κ1) is 33.3. The van der Waals surface area contributed by atoms with E-state index in [2.05, 4.69) is 184 Å². The van der Waals surface area contributed by atoms with Gasteiger partial charge in [0.15, 0.2) is 17.5 Å². The Morgan fingerprint density at radius 3 is 1.75 bits per heavy atom. The Morgan fingerprint density at radius 2 is 0.950 bits per heavy atom. The van der Waals surface area contributed by atoms with Gasteiger partial charge in [-0.05, 0) is 106 Å². The molecule has 0 unspecified atom stereocenters. The zero-order valence-electron chi connectivity index (χ0n) is 33.0. The van der Waals surface area contributed by atoms with Gasteiger partial charge in [0.1, 0.15) is 11.2 Å². The van der Waals surface area contributed by atoms with Crippen molar-refractivity contribution in [3.8, 4) is 45.3 Å². The largest absolute Gasteiger partial charge is 0.456 e. The maximum absolute atomic E-state index is 6.69. The topological polar surface area (TPSA) is 51.8 Å². The third kappa shape index (κ3) is 4.70. The van der Waals surface area contributed by atoms with Crippen molar-refractivity contribution >= 4 is 75.8 Å². The molecule has 12 aromatic rings. The summed E-state index contributed by atoms with van der Waals surface area (Å²) < 4.78 is 6.69. The molecule has 0 amide bonds. The molecule has 60 heavy (non-hydrogen) atoms. The van der Waals surface area contributed by atoms with Crippen molar-refractivity contribution < 1.29 is 4.42 Å². The molecule has 0 atom stereocenters. The van der Waals surface area contributed by atoms with Crippen molar-refractivity contribution in [1.82, 2.24) is 15.0 Å². The van der Waals surface area contributed by atoms with Gasteiger partial charge >= 0.3 is 0 Å². The van der Waals surface area contributed by atoms with Crippen LogP contribution in [0, 0.1) is 0 Å². The van der Waals surface area contributed by atoms with Crippen LogP contribution in [0.3, 0.4) is 0 Å². The molecule has 0 N–H and O–H groups in total. The Kier molecular flexibility index (Phi) is 6.75. The quantitative estimate of drug-likeness (QED) is 0.168. The molecule has 0 spiro atoms. The van der Waals surface area contributed by atoms with Crippen LogP contribution in [-0.2, 0) is 5.41 Å². The first-order valence-electron chi connectivity index (χ1n) is 20.6. The van der Waals surface area contributed by atoms with Crippen molar-refractivity contribution in [2.45, 2.75) is 19.3 Å². The Balaban J connectivity index is 1.08. The number of benzene rings is 10. The molecule has 1 aliphatic rings. The number of hydrogen-bond donors (Lipinski definition) is 0. The molecule has 4 nitrogen and oxygen atoms in total. The molecular formula is C56H35N3O. The van der Waals surface area contributed by atoms with E-state index in [1.807, 2.05) is 6.07 Å². The molecule has 280 valence electrons. The Labute approximate surface area is 345 Å². The summed E-state index contributed by atoms with van der Waals surface area (Å²) in [6.07, 6.45) is 0. The number of rotatable bonds is 3. The van der Waals surface area contributed by atoms with Crippen LogP contribution in [0.1, 0.15) is 25.0 Å². The van der Waals surface area contributed by atoms with E-state index in [0.717, 1.165) is 44.0 Å². The molecule has 1 aliphatic carbocycles. The lowest BCUT2D eigenvalue weighted by Gasteiger charge is -2.21. The predicted molar refractivity (Wildman–Crippen MR) is 249 cm³/mol. The Bertz CT molecular complexity index is 3780. The van der Waals surface area contributed by atoms with Crippen LogP contribution >= 0.6 is 0 Å². The summed E-state index contributed by atoms with van der Waals surface area (Å²) in [5, 5.41) is 14.2. The normalized spacial score (nSPS) is 13.3. The van der Waals surface area contributed by atoms with Gasteiger partial charge < -0.3 is 4.42 Å². The van der Waals surface area contributed by atoms with Gasteiger partial charge in [0.2, 0.25) is 0 Å². The van der Waals surface area contributed by atoms with Gasteiger partial charge in [-0.15, -0.1) is 0 Å². The van der Waals surface area contributed by atoms with E-state index in [4.69, 9.17) is 19.4 Å². The molecule has 0 fully saturated rings. The van der Waals surface area contributed by atoms with Crippen molar-refractivity contribution in [2.75, 3.05) is 0 Å². The highest BCUT2D eigenvalue weighted by Gasteiger charge is 2.36. The fourth-order valence-electron chi connectivity index (χ4n) is 10.2. The zero-order valence-corrected chi connectivity index (χ0v) is 33.0. The lowest BCUT2D eigenvalue weighted by atomic mass is 9.82. The number of fused-ring (bicyclic) bond motifs is 15. The van der Waals surface area contributed by atoms with E-state index in [1.165, 1.54) is 70.7 Å². The third-order valence-corrected chi connectivity index (χ3v) is 13.1. The van der Waals surface area contributed by atoms with Crippen LogP contribution in [0.15, 0.2) is 180 Å². The number of nitrogens with zero attached hydrogens (tertiary/aromatic N) is 3. The maximum atomic E-state index is 6.69. The highest BCUT2D eigenvalue weighted by molar-refractivity contribution is 6.31. The van der Waals surface area contributed by atoms with Crippen molar-refractivity contribution in [2.24, 2.45) is 0 Å². The van der Waals surface area contributed by atoms with Crippen LogP contribution < -0.4 is 0 Å². The van der Waals surface area contributed by atoms with E-state index in [1.54, 1.807) is 0 Å². The minimum atomic E-state index is -0.135. The van der Waals surface area contributed by atoms with E-state index in [9.17, 15) is 0 Å². The van der Waals surface area contributed by atoms with Crippen molar-refractivity contribution in [3.05, 3.63) is 187 Å². The molecule has 0 aliphatic heterocycles. The van der Waals surface area contributed by atoms with Crippen LogP contribution in [0.5, 0.6) is 0 Å². The van der Waals surface area contributed by atoms with Gasteiger partial charge in [-0.2, -0.15) is 0 Å². The summed E-state index contributed by atoms with van der Waals surface area (Å²) in [4.78, 5) is 15.9.